The minimum Gasteiger partial charge on any atom is -0.480 e. The van der Waals surface area contributed by atoms with E-state index in [1.165, 1.54) is 6.92 Å². The van der Waals surface area contributed by atoms with Crippen LogP contribution in [0.5, 0.6) is 0 Å². The van der Waals surface area contributed by atoms with Gasteiger partial charge in [0.2, 0.25) is 11.8 Å². The van der Waals surface area contributed by atoms with Gasteiger partial charge in [-0.05, 0) is 32.4 Å². The summed E-state index contributed by atoms with van der Waals surface area (Å²) in [7, 11) is 0. The first kappa shape index (κ1) is 17.7. The largest absolute Gasteiger partial charge is 0.480 e. The Morgan fingerprint density at radius 2 is 1.96 bits per heavy atom. The van der Waals surface area contributed by atoms with Crippen molar-refractivity contribution < 1.29 is 19.1 Å². The number of amides is 1. The van der Waals surface area contributed by atoms with E-state index in [1.807, 2.05) is 37.3 Å². The standard InChI is InChI=1S/C18H22N2O4/c1-4-10-18(3,17(22)23)20-15(21)11-14-12(2)24-16(19-14)13-8-6-5-7-9-13/h5-9H,4,10-11H2,1-3H3,(H,20,21)(H,22,23). The molecule has 0 saturated carbocycles. The first-order valence-corrected chi connectivity index (χ1v) is 7.92. The highest BCUT2D eigenvalue weighted by molar-refractivity contribution is 5.87. The van der Waals surface area contributed by atoms with Crippen LogP contribution < -0.4 is 5.32 Å². The Morgan fingerprint density at radius 3 is 2.54 bits per heavy atom. The normalized spacial score (nSPS) is 13.3. The molecule has 2 aromatic rings. The summed E-state index contributed by atoms with van der Waals surface area (Å²) in [6.45, 7) is 5.13. The second-order valence-corrected chi connectivity index (χ2v) is 6.00. The number of aryl methyl sites for hydroxylation is 1. The fourth-order valence-electron chi connectivity index (χ4n) is 2.52. The second kappa shape index (κ2) is 7.29. The number of carbonyl (C=O) groups is 2. The molecule has 6 nitrogen and oxygen atoms in total. The number of carboxylic acids is 1. The molecule has 0 bridgehead atoms. The van der Waals surface area contributed by atoms with Crippen molar-refractivity contribution in [2.24, 2.45) is 0 Å². The van der Waals surface area contributed by atoms with Crippen LogP contribution >= 0.6 is 0 Å². The maximum absolute atomic E-state index is 12.2. The lowest BCUT2D eigenvalue weighted by molar-refractivity contribution is -0.147. The number of aromatic nitrogens is 1. The van der Waals surface area contributed by atoms with Gasteiger partial charge in [-0.1, -0.05) is 31.5 Å². The highest BCUT2D eigenvalue weighted by Crippen LogP contribution is 2.22. The fraction of sp³-hybridized carbons (Fsp3) is 0.389. The zero-order valence-corrected chi connectivity index (χ0v) is 14.1. The number of hydrogen-bond acceptors (Lipinski definition) is 4. The maximum Gasteiger partial charge on any atom is 0.329 e. The van der Waals surface area contributed by atoms with Crippen LogP contribution in [-0.2, 0) is 16.0 Å². The highest BCUT2D eigenvalue weighted by atomic mass is 16.4. The summed E-state index contributed by atoms with van der Waals surface area (Å²) in [5.41, 5.74) is 0.0651. The van der Waals surface area contributed by atoms with E-state index in [0.717, 1.165) is 5.56 Å². The Morgan fingerprint density at radius 1 is 1.29 bits per heavy atom. The van der Waals surface area contributed by atoms with Crippen molar-refractivity contribution in [2.45, 2.75) is 45.6 Å². The molecule has 6 heteroatoms. The number of nitrogens with one attached hydrogen (secondary N) is 1. The summed E-state index contributed by atoms with van der Waals surface area (Å²) >= 11 is 0. The number of rotatable bonds is 7. The molecule has 2 rings (SSSR count). The Kier molecular flexibility index (Phi) is 5.39. The van der Waals surface area contributed by atoms with Gasteiger partial charge in [-0.3, -0.25) is 4.79 Å². The molecule has 2 N–H and O–H groups in total. The summed E-state index contributed by atoms with van der Waals surface area (Å²) < 4.78 is 5.62. The van der Waals surface area contributed by atoms with E-state index in [9.17, 15) is 14.7 Å². The van der Waals surface area contributed by atoms with Crippen LogP contribution in [0.1, 0.15) is 38.1 Å². The van der Waals surface area contributed by atoms with Crippen LogP contribution in [-0.4, -0.2) is 27.5 Å². The molecule has 0 aliphatic carbocycles. The third kappa shape index (κ3) is 4.01. The minimum absolute atomic E-state index is 0.0191. The molecular formula is C18H22N2O4. The Labute approximate surface area is 140 Å². The van der Waals surface area contributed by atoms with Gasteiger partial charge < -0.3 is 14.8 Å². The third-order valence-corrected chi connectivity index (χ3v) is 3.88. The topological polar surface area (TPSA) is 92.4 Å². The number of hydrogen-bond donors (Lipinski definition) is 2. The SMILES string of the molecule is CCCC(C)(NC(=O)Cc1nc(-c2ccccc2)oc1C)C(=O)O. The predicted molar refractivity (Wildman–Crippen MR) is 89.5 cm³/mol. The lowest BCUT2D eigenvalue weighted by Crippen LogP contribution is -2.52. The average molecular weight is 330 g/mol. The Bertz CT molecular complexity index is 724. The summed E-state index contributed by atoms with van der Waals surface area (Å²) in [5, 5.41) is 11.9. The number of carbonyl (C=O) groups excluding carboxylic acids is 1. The number of carboxylic acid groups (broad SMARTS) is 1. The molecule has 0 aliphatic rings. The van der Waals surface area contributed by atoms with Gasteiger partial charge in [0.1, 0.15) is 11.3 Å². The summed E-state index contributed by atoms with van der Waals surface area (Å²) in [6, 6.07) is 9.40. The number of aliphatic carboxylic acids is 1. The predicted octanol–water partition coefficient (Wildman–Crippen LogP) is 2.95. The summed E-state index contributed by atoms with van der Waals surface area (Å²) in [5.74, 6) is -0.425. The molecule has 1 aromatic carbocycles. The molecule has 0 fully saturated rings. The van der Waals surface area contributed by atoms with Crippen molar-refractivity contribution in [3.63, 3.8) is 0 Å². The molecule has 1 unspecified atom stereocenters. The van der Waals surface area contributed by atoms with E-state index in [2.05, 4.69) is 10.3 Å². The molecule has 1 amide bonds. The van der Waals surface area contributed by atoms with Crippen molar-refractivity contribution in [2.75, 3.05) is 0 Å². The molecule has 0 saturated heterocycles. The van der Waals surface area contributed by atoms with Crippen molar-refractivity contribution in [3.8, 4) is 11.5 Å². The van der Waals surface area contributed by atoms with Gasteiger partial charge in [0.15, 0.2) is 0 Å². The average Bonchev–Trinajstić information content (AvgIpc) is 2.89. The van der Waals surface area contributed by atoms with Crippen LogP contribution in [0, 0.1) is 6.92 Å². The lowest BCUT2D eigenvalue weighted by atomic mass is 9.96. The monoisotopic (exact) mass is 330 g/mol. The molecule has 0 spiro atoms. The Hall–Kier alpha value is -2.63. The van der Waals surface area contributed by atoms with Crippen molar-refractivity contribution >= 4 is 11.9 Å². The van der Waals surface area contributed by atoms with E-state index in [1.54, 1.807) is 6.92 Å². The van der Waals surface area contributed by atoms with Gasteiger partial charge in [0.25, 0.3) is 0 Å². The third-order valence-electron chi connectivity index (χ3n) is 3.88. The van der Waals surface area contributed by atoms with E-state index < -0.39 is 11.5 Å². The van der Waals surface area contributed by atoms with Crippen LogP contribution in [0.3, 0.4) is 0 Å². The van der Waals surface area contributed by atoms with Gasteiger partial charge in [-0.25, -0.2) is 9.78 Å². The first-order valence-electron chi connectivity index (χ1n) is 7.92. The van der Waals surface area contributed by atoms with Gasteiger partial charge in [0, 0.05) is 5.56 Å². The molecule has 1 atom stereocenters. The second-order valence-electron chi connectivity index (χ2n) is 6.00. The first-order chi connectivity index (χ1) is 11.4. The number of nitrogens with zero attached hydrogens (tertiary/aromatic N) is 1. The van der Waals surface area contributed by atoms with Crippen molar-refractivity contribution in [1.29, 1.82) is 0 Å². The van der Waals surface area contributed by atoms with E-state index >= 15 is 0 Å². The zero-order valence-electron chi connectivity index (χ0n) is 14.1. The fourth-order valence-corrected chi connectivity index (χ4v) is 2.52. The van der Waals surface area contributed by atoms with Gasteiger partial charge in [0.05, 0.1) is 12.1 Å². The zero-order chi connectivity index (χ0) is 17.7. The van der Waals surface area contributed by atoms with Gasteiger partial charge in [-0.2, -0.15) is 0 Å². The maximum atomic E-state index is 12.2. The lowest BCUT2D eigenvalue weighted by Gasteiger charge is -2.25. The van der Waals surface area contributed by atoms with Crippen LogP contribution in [0.2, 0.25) is 0 Å². The van der Waals surface area contributed by atoms with Crippen LogP contribution in [0.15, 0.2) is 34.7 Å². The molecule has 0 aliphatic heterocycles. The van der Waals surface area contributed by atoms with Crippen LogP contribution in [0.4, 0.5) is 0 Å². The molecule has 0 radical (unpaired) electrons. The molecule has 1 heterocycles. The molecule has 1 aromatic heterocycles. The Balaban J connectivity index is 2.12. The number of benzene rings is 1. The van der Waals surface area contributed by atoms with E-state index in [4.69, 9.17) is 4.42 Å². The molecular weight excluding hydrogens is 308 g/mol. The van der Waals surface area contributed by atoms with E-state index in [0.29, 0.717) is 30.2 Å². The molecule has 128 valence electrons. The highest BCUT2D eigenvalue weighted by Gasteiger charge is 2.34. The number of oxazole rings is 1. The van der Waals surface area contributed by atoms with Gasteiger partial charge >= 0.3 is 5.97 Å². The van der Waals surface area contributed by atoms with Crippen molar-refractivity contribution in [1.82, 2.24) is 10.3 Å². The van der Waals surface area contributed by atoms with Gasteiger partial charge in [-0.15, -0.1) is 0 Å². The van der Waals surface area contributed by atoms with E-state index in [-0.39, 0.29) is 12.3 Å². The summed E-state index contributed by atoms with van der Waals surface area (Å²) in [4.78, 5) is 28.0. The quantitative estimate of drug-likeness (QED) is 0.814. The smallest absolute Gasteiger partial charge is 0.329 e. The van der Waals surface area contributed by atoms with Crippen LogP contribution in [0.25, 0.3) is 11.5 Å². The van der Waals surface area contributed by atoms with Crippen molar-refractivity contribution in [3.05, 3.63) is 41.8 Å². The molecule has 24 heavy (non-hydrogen) atoms. The minimum atomic E-state index is -1.27. The summed E-state index contributed by atoms with van der Waals surface area (Å²) in [6.07, 6.45) is 1.00.